The van der Waals surface area contributed by atoms with Crippen LogP contribution in [0, 0.1) is 11.8 Å². The molecule has 0 aliphatic rings. The highest BCUT2D eigenvalue weighted by molar-refractivity contribution is 5.87. The highest BCUT2D eigenvalue weighted by atomic mass is 16.4. The molecule has 1 aromatic carbocycles. The van der Waals surface area contributed by atoms with Crippen LogP contribution >= 0.6 is 0 Å². The molecule has 3 heteroatoms. The number of rotatable bonds is 1. The maximum atomic E-state index is 10.2. The molecule has 2 aromatic rings. The van der Waals surface area contributed by atoms with Gasteiger partial charge in [-0.1, -0.05) is 24.1 Å². The summed E-state index contributed by atoms with van der Waals surface area (Å²) in [7, 11) is 0. The van der Waals surface area contributed by atoms with Gasteiger partial charge in [-0.15, -0.1) is 0 Å². The molecule has 2 rings (SSSR count). The van der Waals surface area contributed by atoms with Gasteiger partial charge in [0.05, 0.1) is 0 Å². The molecule has 0 bridgehead atoms. The lowest BCUT2D eigenvalue weighted by molar-refractivity contribution is -0.130. The summed E-state index contributed by atoms with van der Waals surface area (Å²) in [5.41, 5.74) is 2.07. The van der Waals surface area contributed by atoms with E-state index < -0.39 is 5.97 Å². The zero-order valence-electron chi connectivity index (χ0n) is 7.95. The molecule has 0 aliphatic heterocycles. The van der Waals surface area contributed by atoms with Gasteiger partial charge < -0.3 is 10.1 Å². The normalized spacial score (nSPS) is 9.60. The predicted molar refractivity (Wildman–Crippen MR) is 57.4 cm³/mol. The molecular weight excluding hydrogens is 190 g/mol. The summed E-state index contributed by atoms with van der Waals surface area (Å²) in [4.78, 5) is 13.3. The van der Waals surface area contributed by atoms with Crippen molar-refractivity contribution in [2.75, 3.05) is 0 Å². The van der Waals surface area contributed by atoms with Crippen molar-refractivity contribution in [3.8, 4) is 11.8 Å². The smallest absolute Gasteiger partial charge is 0.381 e. The van der Waals surface area contributed by atoms with E-state index in [-0.39, 0.29) is 0 Å². The summed E-state index contributed by atoms with van der Waals surface area (Å²) in [6.45, 7) is 0. The van der Waals surface area contributed by atoms with E-state index in [4.69, 9.17) is 5.11 Å². The quantitative estimate of drug-likeness (QED) is 0.688. The SMILES string of the molecule is O=C(O)C#CCc1c[nH]c2ccccc12. The molecule has 0 amide bonds. The zero-order chi connectivity index (χ0) is 10.7. The molecule has 2 N–H and O–H groups in total. The lowest BCUT2D eigenvalue weighted by Gasteiger charge is -1.90. The van der Waals surface area contributed by atoms with Crippen molar-refractivity contribution >= 4 is 16.9 Å². The first kappa shape index (κ1) is 9.35. The second-order valence-corrected chi connectivity index (χ2v) is 3.14. The molecule has 0 saturated carbocycles. The van der Waals surface area contributed by atoms with Gasteiger partial charge in [0.2, 0.25) is 0 Å². The Balaban J connectivity index is 2.30. The maximum absolute atomic E-state index is 10.2. The lowest BCUT2D eigenvalue weighted by Crippen LogP contribution is -1.87. The third-order valence-corrected chi connectivity index (χ3v) is 2.15. The van der Waals surface area contributed by atoms with Gasteiger partial charge in [-0.3, -0.25) is 0 Å². The number of fused-ring (bicyclic) bond motifs is 1. The van der Waals surface area contributed by atoms with E-state index in [9.17, 15) is 4.79 Å². The number of hydrogen-bond acceptors (Lipinski definition) is 1. The first-order valence-electron chi connectivity index (χ1n) is 4.54. The van der Waals surface area contributed by atoms with E-state index >= 15 is 0 Å². The van der Waals surface area contributed by atoms with Crippen molar-refractivity contribution in [1.29, 1.82) is 0 Å². The van der Waals surface area contributed by atoms with Gasteiger partial charge in [0, 0.05) is 29.4 Å². The first-order chi connectivity index (χ1) is 7.27. The van der Waals surface area contributed by atoms with Gasteiger partial charge in [-0.2, -0.15) is 0 Å². The minimum absolute atomic E-state index is 0.455. The molecule has 0 spiro atoms. The van der Waals surface area contributed by atoms with E-state index in [2.05, 4.69) is 16.8 Å². The number of aliphatic carboxylic acids is 1. The summed E-state index contributed by atoms with van der Waals surface area (Å²) in [5.74, 6) is 3.62. The molecule has 0 unspecified atom stereocenters. The zero-order valence-corrected chi connectivity index (χ0v) is 7.95. The number of aromatic amines is 1. The van der Waals surface area contributed by atoms with E-state index in [1.54, 1.807) is 0 Å². The summed E-state index contributed by atoms with van der Waals surface area (Å²) in [5, 5.41) is 9.47. The monoisotopic (exact) mass is 199 g/mol. The van der Waals surface area contributed by atoms with Crippen molar-refractivity contribution < 1.29 is 9.90 Å². The minimum atomic E-state index is -1.09. The Bertz CT molecular complexity index is 557. The molecule has 15 heavy (non-hydrogen) atoms. The van der Waals surface area contributed by atoms with Crippen LogP contribution < -0.4 is 0 Å². The van der Waals surface area contributed by atoms with Crippen molar-refractivity contribution in [2.45, 2.75) is 6.42 Å². The number of hydrogen-bond donors (Lipinski definition) is 2. The average molecular weight is 199 g/mol. The number of nitrogens with one attached hydrogen (secondary N) is 1. The summed E-state index contributed by atoms with van der Waals surface area (Å²) in [6.07, 6.45) is 2.32. The van der Waals surface area contributed by atoms with E-state index in [1.165, 1.54) is 0 Å². The van der Waals surface area contributed by atoms with Gasteiger partial charge in [0.1, 0.15) is 0 Å². The minimum Gasteiger partial charge on any atom is -0.472 e. The molecule has 1 heterocycles. The summed E-state index contributed by atoms with van der Waals surface area (Å²) in [6, 6.07) is 7.86. The second kappa shape index (κ2) is 3.89. The van der Waals surface area contributed by atoms with Crippen LogP contribution in [0.4, 0.5) is 0 Å². The van der Waals surface area contributed by atoms with E-state index in [0.717, 1.165) is 16.5 Å². The van der Waals surface area contributed by atoms with Gasteiger partial charge in [-0.25, -0.2) is 4.79 Å². The van der Waals surface area contributed by atoms with E-state index in [1.807, 2.05) is 30.5 Å². The molecule has 3 nitrogen and oxygen atoms in total. The highest BCUT2D eigenvalue weighted by Crippen LogP contribution is 2.17. The van der Waals surface area contributed by atoms with Crippen molar-refractivity contribution in [3.05, 3.63) is 36.0 Å². The van der Waals surface area contributed by atoms with E-state index in [0.29, 0.717) is 6.42 Å². The Morgan fingerprint density at radius 1 is 1.40 bits per heavy atom. The van der Waals surface area contributed by atoms with Crippen LogP contribution in [-0.2, 0) is 11.2 Å². The maximum Gasteiger partial charge on any atom is 0.381 e. The summed E-state index contributed by atoms with van der Waals surface area (Å²) < 4.78 is 0. The van der Waals surface area contributed by atoms with Gasteiger partial charge in [0.15, 0.2) is 0 Å². The Morgan fingerprint density at radius 3 is 3.00 bits per heavy atom. The number of benzene rings is 1. The fraction of sp³-hybridized carbons (Fsp3) is 0.0833. The van der Waals surface area contributed by atoms with Crippen LogP contribution in [0.3, 0.4) is 0 Å². The Kier molecular flexibility index (Phi) is 2.42. The molecule has 0 fully saturated rings. The van der Waals surface area contributed by atoms with Crippen molar-refractivity contribution in [2.24, 2.45) is 0 Å². The van der Waals surface area contributed by atoms with Gasteiger partial charge in [-0.05, 0) is 11.6 Å². The molecule has 0 aliphatic carbocycles. The molecule has 74 valence electrons. The largest absolute Gasteiger partial charge is 0.472 e. The van der Waals surface area contributed by atoms with Crippen LogP contribution in [-0.4, -0.2) is 16.1 Å². The number of para-hydroxylation sites is 1. The Labute approximate surface area is 86.7 Å². The number of carboxylic acids is 1. The van der Waals surface area contributed by atoms with Crippen LogP contribution in [0.2, 0.25) is 0 Å². The molecule has 1 aromatic heterocycles. The standard InChI is InChI=1S/C12H9NO2/c14-12(15)7-3-4-9-8-13-11-6-2-1-5-10(9)11/h1-2,5-6,8,13H,4H2,(H,14,15). The molecule has 0 radical (unpaired) electrons. The lowest BCUT2D eigenvalue weighted by atomic mass is 10.1. The van der Waals surface area contributed by atoms with Crippen molar-refractivity contribution in [1.82, 2.24) is 4.98 Å². The topological polar surface area (TPSA) is 53.1 Å². The number of carbonyl (C=O) groups is 1. The first-order valence-corrected chi connectivity index (χ1v) is 4.54. The number of aromatic nitrogens is 1. The fourth-order valence-corrected chi connectivity index (χ4v) is 1.49. The fourth-order valence-electron chi connectivity index (χ4n) is 1.49. The third-order valence-electron chi connectivity index (χ3n) is 2.15. The average Bonchev–Trinajstić information content (AvgIpc) is 2.62. The third kappa shape index (κ3) is 2.00. The van der Waals surface area contributed by atoms with Crippen LogP contribution in [0.1, 0.15) is 5.56 Å². The molecular formula is C12H9NO2. The number of H-pyrrole nitrogens is 1. The van der Waals surface area contributed by atoms with Crippen LogP contribution in [0.25, 0.3) is 10.9 Å². The van der Waals surface area contributed by atoms with Gasteiger partial charge in [0.25, 0.3) is 0 Å². The molecule has 0 atom stereocenters. The Hall–Kier alpha value is -2.21. The van der Waals surface area contributed by atoms with Gasteiger partial charge >= 0.3 is 5.97 Å². The van der Waals surface area contributed by atoms with Crippen LogP contribution in [0.5, 0.6) is 0 Å². The summed E-state index contributed by atoms with van der Waals surface area (Å²) >= 11 is 0. The van der Waals surface area contributed by atoms with Crippen molar-refractivity contribution in [3.63, 3.8) is 0 Å². The molecule has 0 saturated heterocycles. The Morgan fingerprint density at radius 2 is 2.20 bits per heavy atom. The number of carboxylic acid groups (broad SMARTS) is 1. The highest BCUT2D eigenvalue weighted by Gasteiger charge is 2.00. The van der Waals surface area contributed by atoms with Crippen LogP contribution in [0.15, 0.2) is 30.5 Å². The second-order valence-electron chi connectivity index (χ2n) is 3.14. The predicted octanol–water partition coefficient (Wildman–Crippen LogP) is 1.80.